The molecule has 0 unspecified atom stereocenters. The van der Waals surface area contributed by atoms with Gasteiger partial charge in [0.1, 0.15) is 10.7 Å². The molecular formula is C19H12ClN3OS2. The van der Waals surface area contributed by atoms with E-state index in [1.165, 1.54) is 17.4 Å². The van der Waals surface area contributed by atoms with Crippen LogP contribution in [-0.2, 0) is 4.79 Å². The summed E-state index contributed by atoms with van der Waals surface area (Å²) in [5.74, 6) is -0.255. The predicted octanol–water partition coefficient (Wildman–Crippen LogP) is 5.73. The van der Waals surface area contributed by atoms with E-state index < -0.39 is 0 Å². The molecule has 0 bridgehead atoms. The van der Waals surface area contributed by atoms with E-state index in [2.05, 4.69) is 15.3 Å². The molecule has 26 heavy (non-hydrogen) atoms. The van der Waals surface area contributed by atoms with Gasteiger partial charge in [-0.05, 0) is 29.8 Å². The summed E-state index contributed by atoms with van der Waals surface area (Å²) in [6.45, 7) is 0. The van der Waals surface area contributed by atoms with Gasteiger partial charge in [-0.1, -0.05) is 41.9 Å². The molecule has 0 atom stereocenters. The van der Waals surface area contributed by atoms with Gasteiger partial charge >= 0.3 is 0 Å². The summed E-state index contributed by atoms with van der Waals surface area (Å²) in [5.41, 5.74) is 2.51. The molecule has 2 aromatic carbocycles. The Bertz CT molecular complexity index is 1080. The molecule has 0 fully saturated rings. The van der Waals surface area contributed by atoms with Gasteiger partial charge in [-0.15, -0.1) is 22.7 Å². The Hall–Kier alpha value is -2.54. The molecule has 0 saturated heterocycles. The number of anilines is 1. The first-order valence-corrected chi connectivity index (χ1v) is 9.81. The molecule has 4 rings (SSSR count). The van der Waals surface area contributed by atoms with E-state index in [1.54, 1.807) is 23.5 Å². The van der Waals surface area contributed by atoms with Crippen molar-refractivity contribution in [2.45, 2.75) is 0 Å². The molecule has 0 aliphatic heterocycles. The van der Waals surface area contributed by atoms with E-state index in [4.69, 9.17) is 11.6 Å². The number of carbonyl (C=O) groups excluding carboxylic acids is 1. The normalized spacial score (nSPS) is 11.3. The van der Waals surface area contributed by atoms with Gasteiger partial charge < -0.3 is 0 Å². The molecule has 0 spiro atoms. The van der Waals surface area contributed by atoms with Crippen LogP contribution in [-0.4, -0.2) is 15.9 Å². The van der Waals surface area contributed by atoms with Crippen molar-refractivity contribution in [3.63, 3.8) is 0 Å². The minimum Gasteiger partial charge on any atom is -0.298 e. The van der Waals surface area contributed by atoms with Gasteiger partial charge in [0.2, 0.25) is 5.91 Å². The zero-order valence-electron chi connectivity index (χ0n) is 13.3. The molecule has 1 N–H and O–H groups in total. The molecule has 0 saturated carbocycles. The van der Waals surface area contributed by atoms with Crippen LogP contribution in [0.3, 0.4) is 0 Å². The molecule has 2 heterocycles. The number of nitrogens with zero attached hydrogens (tertiary/aromatic N) is 2. The van der Waals surface area contributed by atoms with Gasteiger partial charge in [0, 0.05) is 16.5 Å². The molecule has 128 valence electrons. The number of carbonyl (C=O) groups is 1. The number of amides is 1. The highest BCUT2D eigenvalue weighted by atomic mass is 35.5. The van der Waals surface area contributed by atoms with E-state index in [-0.39, 0.29) is 5.91 Å². The fourth-order valence-corrected chi connectivity index (χ4v) is 4.23. The average Bonchev–Trinajstić information content (AvgIpc) is 3.27. The van der Waals surface area contributed by atoms with Crippen molar-refractivity contribution in [2.24, 2.45) is 0 Å². The van der Waals surface area contributed by atoms with Crippen LogP contribution in [0.4, 0.5) is 5.13 Å². The molecule has 0 aliphatic rings. The van der Waals surface area contributed by atoms with Crippen LogP contribution < -0.4 is 5.32 Å². The third-order valence-electron chi connectivity index (χ3n) is 3.57. The number of nitrogens with one attached hydrogen (secondary N) is 1. The second-order valence-corrected chi connectivity index (χ2v) is 7.66. The first-order valence-electron chi connectivity index (χ1n) is 7.74. The largest absolute Gasteiger partial charge is 0.298 e. The summed E-state index contributed by atoms with van der Waals surface area (Å²) in [7, 11) is 0. The Morgan fingerprint density at radius 2 is 1.88 bits per heavy atom. The van der Waals surface area contributed by atoms with E-state index in [0.29, 0.717) is 10.2 Å². The summed E-state index contributed by atoms with van der Waals surface area (Å²) in [6, 6.07) is 15.3. The van der Waals surface area contributed by atoms with Crippen molar-refractivity contribution in [1.82, 2.24) is 9.97 Å². The smallest absolute Gasteiger partial charge is 0.250 e. The van der Waals surface area contributed by atoms with Crippen LogP contribution in [0.1, 0.15) is 5.56 Å². The van der Waals surface area contributed by atoms with Crippen molar-refractivity contribution in [3.8, 4) is 10.7 Å². The zero-order chi connectivity index (χ0) is 17.9. The maximum absolute atomic E-state index is 12.1. The lowest BCUT2D eigenvalue weighted by molar-refractivity contribution is -0.111. The quantitative estimate of drug-likeness (QED) is 0.448. The van der Waals surface area contributed by atoms with E-state index in [9.17, 15) is 4.79 Å². The number of rotatable bonds is 4. The number of hydrogen-bond acceptors (Lipinski definition) is 5. The first kappa shape index (κ1) is 16.9. The summed E-state index contributed by atoms with van der Waals surface area (Å²) < 4.78 is 1.11. The Morgan fingerprint density at radius 3 is 2.73 bits per heavy atom. The van der Waals surface area contributed by atoms with E-state index in [1.807, 2.05) is 47.8 Å². The SMILES string of the molecule is O=C(/C=C/c1ccccc1Cl)Nc1nc(-c2nc3ccccc3s2)cs1. The topological polar surface area (TPSA) is 54.9 Å². The Labute approximate surface area is 162 Å². The number of thiazole rings is 2. The first-order chi connectivity index (χ1) is 12.7. The number of halogens is 1. The molecule has 0 aliphatic carbocycles. The predicted molar refractivity (Wildman–Crippen MR) is 110 cm³/mol. The number of fused-ring (bicyclic) bond motifs is 1. The lowest BCUT2D eigenvalue weighted by Crippen LogP contribution is -2.07. The number of benzene rings is 2. The standard InChI is InChI=1S/C19H12ClN3OS2/c20-13-6-2-1-5-12(13)9-10-17(24)23-19-22-15(11-25-19)18-21-14-7-3-4-8-16(14)26-18/h1-11H,(H,22,23,24)/b10-9+. The zero-order valence-corrected chi connectivity index (χ0v) is 15.7. The summed E-state index contributed by atoms with van der Waals surface area (Å²) in [5, 5.41) is 6.64. The van der Waals surface area contributed by atoms with Crippen LogP contribution in [0.2, 0.25) is 5.02 Å². The van der Waals surface area contributed by atoms with Gasteiger partial charge in [0.05, 0.1) is 10.2 Å². The highest BCUT2D eigenvalue weighted by molar-refractivity contribution is 7.22. The van der Waals surface area contributed by atoms with Crippen LogP contribution in [0.15, 0.2) is 60.0 Å². The molecule has 2 aromatic heterocycles. The van der Waals surface area contributed by atoms with Crippen LogP contribution in [0, 0.1) is 0 Å². The number of para-hydroxylation sites is 1. The molecule has 4 nitrogen and oxygen atoms in total. The van der Waals surface area contributed by atoms with Gasteiger partial charge in [-0.2, -0.15) is 0 Å². The second kappa shape index (κ2) is 7.37. The van der Waals surface area contributed by atoms with E-state index in [0.717, 1.165) is 26.5 Å². The Morgan fingerprint density at radius 1 is 1.08 bits per heavy atom. The highest BCUT2D eigenvalue weighted by Crippen LogP contribution is 2.31. The van der Waals surface area contributed by atoms with Crippen LogP contribution in [0.5, 0.6) is 0 Å². The van der Waals surface area contributed by atoms with Crippen LogP contribution in [0.25, 0.3) is 27.0 Å². The molecule has 1 amide bonds. The Balaban J connectivity index is 1.48. The maximum Gasteiger partial charge on any atom is 0.250 e. The Kier molecular flexibility index (Phi) is 4.79. The minimum absolute atomic E-state index is 0.255. The third kappa shape index (κ3) is 3.67. The fourth-order valence-electron chi connectivity index (χ4n) is 2.33. The summed E-state index contributed by atoms with van der Waals surface area (Å²) in [4.78, 5) is 21.1. The van der Waals surface area contributed by atoms with Crippen molar-refractivity contribution in [3.05, 3.63) is 70.6 Å². The molecule has 7 heteroatoms. The van der Waals surface area contributed by atoms with Crippen molar-refractivity contribution >= 4 is 61.6 Å². The third-order valence-corrected chi connectivity index (χ3v) is 5.73. The fraction of sp³-hybridized carbons (Fsp3) is 0. The molecule has 4 aromatic rings. The van der Waals surface area contributed by atoms with Crippen molar-refractivity contribution in [2.75, 3.05) is 5.32 Å². The number of aromatic nitrogens is 2. The van der Waals surface area contributed by atoms with Gasteiger partial charge in [0.25, 0.3) is 0 Å². The van der Waals surface area contributed by atoms with Gasteiger partial charge in [-0.25, -0.2) is 9.97 Å². The monoisotopic (exact) mass is 397 g/mol. The molecular weight excluding hydrogens is 386 g/mol. The summed E-state index contributed by atoms with van der Waals surface area (Å²) in [6.07, 6.45) is 3.12. The van der Waals surface area contributed by atoms with Crippen molar-refractivity contribution < 1.29 is 4.79 Å². The van der Waals surface area contributed by atoms with E-state index >= 15 is 0 Å². The molecule has 0 radical (unpaired) electrons. The van der Waals surface area contributed by atoms with Gasteiger partial charge in [-0.3, -0.25) is 10.1 Å². The summed E-state index contributed by atoms with van der Waals surface area (Å²) >= 11 is 9.03. The lowest BCUT2D eigenvalue weighted by Gasteiger charge is -1.97. The lowest BCUT2D eigenvalue weighted by atomic mass is 10.2. The highest BCUT2D eigenvalue weighted by Gasteiger charge is 2.11. The minimum atomic E-state index is -0.255. The second-order valence-electron chi connectivity index (χ2n) is 5.37. The number of hydrogen-bond donors (Lipinski definition) is 1. The average molecular weight is 398 g/mol. The van der Waals surface area contributed by atoms with Gasteiger partial charge in [0.15, 0.2) is 5.13 Å². The maximum atomic E-state index is 12.1. The van der Waals surface area contributed by atoms with Crippen molar-refractivity contribution in [1.29, 1.82) is 0 Å². The van der Waals surface area contributed by atoms with Crippen LogP contribution >= 0.6 is 34.3 Å².